The van der Waals surface area contributed by atoms with E-state index >= 15 is 0 Å². The summed E-state index contributed by atoms with van der Waals surface area (Å²) in [6.07, 6.45) is 0.846. The van der Waals surface area contributed by atoms with Crippen molar-refractivity contribution in [2.45, 2.75) is 13.3 Å². The summed E-state index contributed by atoms with van der Waals surface area (Å²) >= 11 is 0. The zero-order chi connectivity index (χ0) is 13.0. The van der Waals surface area contributed by atoms with Crippen LogP contribution >= 0.6 is 0 Å². The average molecular weight is 245 g/mol. The molecule has 2 N–H and O–H groups in total. The van der Waals surface area contributed by atoms with Crippen LogP contribution in [-0.2, 0) is 13.5 Å². The van der Waals surface area contributed by atoms with E-state index < -0.39 is 0 Å². The smallest absolute Gasteiger partial charge is 0.224 e. The fourth-order valence-corrected chi connectivity index (χ4v) is 1.79. The molecule has 0 atom stereocenters. The van der Waals surface area contributed by atoms with Gasteiger partial charge < -0.3 is 15.2 Å². The minimum atomic E-state index is 0.792. The highest BCUT2D eigenvalue weighted by Gasteiger charge is 2.05. The SMILES string of the molecule is CNc1nnc(CCNc2ccc(C)cc2)n1C. The Morgan fingerprint density at radius 3 is 2.50 bits per heavy atom. The lowest BCUT2D eigenvalue weighted by Gasteiger charge is -2.06. The first-order valence-electron chi connectivity index (χ1n) is 6.07. The molecule has 0 spiro atoms. The quantitative estimate of drug-likeness (QED) is 0.843. The number of nitrogens with zero attached hydrogens (tertiary/aromatic N) is 3. The number of anilines is 2. The second-order valence-electron chi connectivity index (χ2n) is 4.29. The van der Waals surface area contributed by atoms with Crippen LogP contribution in [0.25, 0.3) is 0 Å². The molecule has 2 aromatic rings. The van der Waals surface area contributed by atoms with E-state index in [1.54, 1.807) is 0 Å². The van der Waals surface area contributed by atoms with E-state index in [4.69, 9.17) is 0 Å². The van der Waals surface area contributed by atoms with Gasteiger partial charge in [0.1, 0.15) is 5.82 Å². The first-order chi connectivity index (χ1) is 8.70. The third-order valence-electron chi connectivity index (χ3n) is 2.92. The number of aromatic nitrogens is 3. The summed E-state index contributed by atoms with van der Waals surface area (Å²) in [6.45, 7) is 2.93. The molecule has 0 bridgehead atoms. The van der Waals surface area contributed by atoms with Gasteiger partial charge in [0.05, 0.1) is 0 Å². The maximum absolute atomic E-state index is 4.14. The second kappa shape index (κ2) is 5.53. The predicted molar refractivity (Wildman–Crippen MR) is 73.9 cm³/mol. The maximum atomic E-state index is 4.14. The highest BCUT2D eigenvalue weighted by molar-refractivity contribution is 5.44. The summed E-state index contributed by atoms with van der Waals surface area (Å²) in [5, 5.41) is 14.6. The van der Waals surface area contributed by atoms with E-state index in [1.807, 2.05) is 18.7 Å². The van der Waals surface area contributed by atoms with E-state index in [0.717, 1.165) is 30.4 Å². The molecule has 0 amide bonds. The Kier molecular flexibility index (Phi) is 3.82. The predicted octanol–water partition coefficient (Wildman–Crippen LogP) is 1.82. The molecule has 1 aromatic heterocycles. The van der Waals surface area contributed by atoms with Gasteiger partial charge in [0.25, 0.3) is 0 Å². The lowest BCUT2D eigenvalue weighted by molar-refractivity contribution is 0.792. The highest BCUT2D eigenvalue weighted by atomic mass is 15.3. The van der Waals surface area contributed by atoms with Gasteiger partial charge in [-0.1, -0.05) is 17.7 Å². The molecule has 1 heterocycles. The number of benzene rings is 1. The van der Waals surface area contributed by atoms with Crippen LogP contribution in [0.15, 0.2) is 24.3 Å². The van der Waals surface area contributed by atoms with Crippen LogP contribution in [0, 0.1) is 6.92 Å². The zero-order valence-electron chi connectivity index (χ0n) is 11.1. The molecule has 0 aliphatic rings. The van der Waals surface area contributed by atoms with Crippen molar-refractivity contribution in [2.75, 3.05) is 24.2 Å². The fourth-order valence-electron chi connectivity index (χ4n) is 1.79. The van der Waals surface area contributed by atoms with E-state index in [0.29, 0.717) is 0 Å². The molecule has 0 radical (unpaired) electrons. The molecule has 0 saturated heterocycles. The highest BCUT2D eigenvalue weighted by Crippen LogP contribution is 2.09. The monoisotopic (exact) mass is 245 g/mol. The number of nitrogens with one attached hydrogen (secondary N) is 2. The van der Waals surface area contributed by atoms with Crippen molar-refractivity contribution in [1.29, 1.82) is 0 Å². The van der Waals surface area contributed by atoms with Gasteiger partial charge in [-0.05, 0) is 19.1 Å². The van der Waals surface area contributed by atoms with Crippen LogP contribution in [-0.4, -0.2) is 28.4 Å². The van der Waals surface area contributed by atoms with Crippen LogP contribution in [0.2, 0.25) is 0 Å². The standard InChI is InChI=1S/C13H19N5/c1-10-4-6-11(7-5-10)15-9-8-12-16-17-13(14-2)18(12)3/h4-7,15H,8-9H2,1-3H3,(H,14,17). The summed E-state index contributed by atoms with van der Waals surface area (Å²) in [4.78, 5) is 0. The Labute approximate surface area is 107 Å². The van der Waals surface area contributed by atoms with E-state index in [9.17, 15) is 0 Å². The maximum Gasteiger partial charge on any atom is 0.224 e. The van der Waals surface area contributed by atoms with Crippen molar-refractivity contribution in [3.05, 3.63) is 35.7 Å². The molecule has 0 fully saturated rings. The normalized spacial score (nSPS) is 10.4. The van der Waals surface area contributed by atoms with Gasteiger partial charge in [-0.15, -0.1) is 10.2 Å². The summed E-state index contributed by atoms with van der Waals surface area (Å²) in [7, 11) is 3.81. The van der Waals surface area contributed by atoms with Crippen LogP contribution in [0.3, 0.4) is 0 Å². The summed E-state index contributed by atoms with van der Waals surface area (Å²) in [5.74, 6) is 1.76. The molecule has 5 heteroatoms. The van der Waals surface area contributed by atoms with Crippen LogP contribution in [0.1, 0.15) is 11.4 Å². The van der Waals surface area contributed by atoms with Gasteiger partial charge in [0.15, 0.2) is 0 Å². The Morgan fingerprint density at radius 2 is 1.89 bits per heavy atom. The van der Waals surface area contributed by atoms with Gasteiger partial charge in [0, 0.05) is 32.7 Å². The number of rotatable bonds is 5. The largest absolute Gasteiger partial charge is 0.385 e. The van der Waals surface area contributed by atoms with Gasteiger partial charge in [-0.25, -0.2) is 0 Å². The average Bonchev–Trinajstić information content (AvgIpc) is 2.73. The van der Waals surface area contributed by atoms with Gasteiger partial charge in [0.2, 0.25) is 5.95 Å². The second-order valence-corrected chi connectivity index (χ2v) is 4.29. The first-order valence-corrected chi connectivity index (χ1v) is 6.07. The molecular formula is C13H19N5. The summed E-state index contributed by atoms with van der Waals surface area (Å²) in [6, 6.07) is 8.38. The van der Waals surface area contributed by atoms with Crippen molar-refractivity contribution < 1.29 is 0 Å². The third-order valence-corrected chi connectivity index (χ3v) is 2.92. The lowest BCUT2D eigenvalue weighted by atomic mass is 10.2. The molecule has 0 unspecified atom stereocenters. The molecule has 0 aliphatic heterocycles. The molecule has 0 aliphatic carbocycles. The Morgan fingerprint density at radius 1 is 1.17 bits per heavy atom. The molecule has 5 nitrogen and oxygen atoms in total. The van der Waals surface area contributed by atoms with Crippen LogP contribution in [0.4, 0.5) is 11.6 Å². The Bertz CT molecular complexity index is 501. The zero-order valence-corrected chi connectivity index (χ0v) is 11.1. The Balaban J connectivity index is 1.88. The minimum Gasteiger partial charge on any atom is -0.385 e. The molecule has 1 aromatic carbocycles. The molecular weight excluding hydrogens is 226 g/mol. The number of aryl methyl sites for hydroxylation is 1. The summed E-state index contributed by atoms with van der Waals surface area (Å²) < 4.78 is 1.97. The van der Waals surface area contributed by atoms with E-state index in [2.05, 4.69) is 52.0 Å². The topological polar surface area (TPSA) is 54.8 Å². The Hall–Kier alpha value is -2.04. The number of hydrogen-bond donors (Lipinski definition) is 2. The van der Waals surface area contributed by atoms with Crippen molar-refractivity contribution in [3.63, 3.8) is 0 Å². The van der Waals surface area contributed by atoms with Gasteiger partial charge in [-0.3, -0.25) is 0 Å². The van der Waals surface area contributed by atoms with E-state index in [1.165, 1.54) is 5.56 Å². The van der Waals surface area contributed by atoms with Crippen LogP contribution < -0.4 is 10.6 Å². The number of hydrogen-bond acceptors (Lipinski definition) is 4. The molecule has 0 saturated carbocycles. The fraction of sp³-hybridized carbons (Fsp3) is 0.385. The van der Waals surface area contributed by atoms with Gasteiger partial charge >= 0.3 is 0 Å². The third kappa shape index (κ3) is 2.80. The minimum absolute atomic E-state index is 0.792. The van der Waals surface area contributed by atoms with Crippen molar-refractivity contribution >= 4 is 11.6 Å². The van der Waals surface area contributed by atoms with E-state index in [-0.39, 0.29) is 0 Å². The summed E-state index contributed by atoms with van der Waals surface area (Å²) in [5.41, 5.74) is 2.41. The van der Waals surface area contributed by atoms with Crippen LogP contribution in [0.5, 0.6) is 0 Å². The molecule has 2 rings (SSSR count). The lowest BCUT2D eigenvalue weighted by Crippen LogP contribution is -2.09. The van der Waals surface area contributed by atoms with Crippen molar-refractivity contribution in [3.8, 4) is 0 Å². The van der Waals surface area contributed by atoms with Crippen molar-refractivity contribution in [1.82, 2.24) is 14.8 Å². The first kappa shape index (κ1) is 12.4. The van der Waals surface area contributed by atoms with Crippen molar-refractivity contribution in [2.24, 2.45) is 7.05 Å². The van der Waals surface area contributed by atoms with Gasteiger partial charge in [-0.2, -0.15) is 0 Å². The molecule has 96 valence electrons. The molecule has 18 heavy (non-hydrogen) atoms.